The number of esters is 1. The van der Waals surface area contributed by atoms with E-state index in [0.29, 0.717) is 30.6 Å². The zero-order valence-electron chi connectivity index (χ0n) is 20.0. The van der Waals surface area contributed by atoms with Gasteiger partial charge in [-0.3, -0.25) is 0 Å². The number of methoxy groups -OCH3 is 2. The maximum atomic E-state index is 11.8. The average molecular weight is 469 g/mol. The molecule has 9 nitrogen and oxygen atoms in total. The number of carbonyl (C=O) groups excluding carboxylic acids is 1. The zero-order valence-corrected chi connectivity index (χ0v) is 20.0. The third-order valence-electron chi connectivity index (χ3n) is 7.74. The maximum Gasteiger partial charge on any atom is 0.338 e. The largest absolute Gasteiger partial charge is 0.481 e. The van der Waals surface area contributed by atoms with Gasteiger partial charge in [0.05, 0.1) is 25.9 Å². The molecule has 0 saturated carbocycles. The van der Waals surface area contributed by atoms with Crippen LogP contribution in [-0.4, -0.2) is 72.9 Å². The molecule has 0 aliphatic carbocycles. The standard InChI is InChI=1S/C25H32N4O5/c1-16-17(4-5-18-19(16)14-34-23(18)31)20(30)13-28-9-6-25(7-10-28)8-11-29(15-25)21-12-22(32-2)27-24(26-21)33-3/h4-5,12,20,30H,6-11,13-15H2,1-3H3. The SMILES string of the molecule is COc1cc(N2CCC3(CCN(CC(O)c4ccc5c(c4C)COC5=O)CC3)C2)nc(OC)n1. The summed E-state index contributed by atoms with van der Waals surface area (Å²) in [6.45, 7) is 6.65. The lowest BCUT2D eigenvalue weighted by Crippen LogP contribution is -2.43. The van der Waals surface area contributed by atoms with Gasteiger partial charge in [-0.2, -0.15) is 9.97 Å². The molecule has 9 heteroatoms. The summed E-state index contributed by atoms with van der Waals surface area (Å²) < 4.78 is 15.7. The molecule has 0 bridgehead atoms. The lowest BCUT2D eigenvalue weighted by molar-refractivity contribution is 0.0534. The van der Waals surface area contributed by atoms with Crippen LogP contribution < -0.4 is 14.4 Å². The van der Waals surface area contributed by atoms with Crippen LogP contribution in [0.1, 0.15) is 52.4 Å². The maximum absolute atomic E-state index is 11.8. The summed E-state index contributed by atoms with van der Waals surface area (Å²) in [5.74, 6) is 1.07. The predicted molar refractivity (Wildman–Crippen MR) is 125 cm³/mol. The third kappa shape index (κ3) is 4.18. The second-order valence-corrected chi connectivity index (χ2v) is 9.63. The number of aliphatic hydroxyl groups excluding tert-OH is 1. The molecule has 1 spiro atoms. The fraction of sp³-hybridized carbons (Fsp3) is 0.560. The second kappa shape index (κ2) is 9.03. The zero-order chi connectivity index (χ0) is 23.9. The lowest BCUT2D eigenvalue weighted by Gasteiger charge is -2.40. The first-order valence-electron chi connectivity index (χ1n) is 11.8. The van der Waals surface area contributed by atoms with Gasteiger partial charge in [0.2, 0.25) is 5.88 Å². The Morgan fingerprint density at radius 1 is 1.15 bits per heavy atom. The number of ether oxygens (including phenoxy) is 3. The van der Waals surface area contributed by atoms with E-state index in [1.807, 2.05) is 19.1 Å². The van der Waals surface area contributed by atoms with E-state index in [1.54, 1.807) is 20.3 Å². The number of cyclic esters (lactones) is 1. The Bertz CT molecular complexity index is 1060. The van der Waals surface area contributed by atoms with Crippen LogP contribution in [0.3, 0.4) is 0 Å². The number of rotatable bonds is 6. The van der Waals surface area contributed by atoms with Crippen molar-refractivity contribution in [1.29, 1.82) is 0 Å². The second-order valence-electron chi connectivity index (χ2n) is 9.63. The molecule has 1 unspecified atom stereocenters. The summed E-state index contributed by atoms with van der Waals surface area (Å²) >= 11 is 0. The number of β-amino-alcohol motifs (C(OH)–C–C–N with tert-alkyl or cyclic N) is 1. The van der Waals surface area contributed by atoms with Gasteiger partial charge in [0.25, 0.3) is 0 Å². The number of benzene rings is 1. The van der Waals surface area contributed by atoms with Crippen LogP contribution in [0, 0.1) is 12.3 Å². The van der Waals surface area contributed by atoms with E-state index in [9.17, 15) is 9.90 Å². The molecule has 1 aromatic carbocycles. The van der Waals surface area contributed by atoms with Gasteiger partial charge in [0.15, 0.2) is 0 Å². The number of aliphatic hydroxyl groups is 1. The van der Waals surface area contributed by atoms with Crippen LogP contribution in [-0.2, 0) is 11.3 Å². The van der Waals surface area contributed by atoms with Crippen LogP contribution in [0.5, 0.6) is 11.9 Å². The number of aromatic nitrogens is 2. The highest BCUT2D eigenvalue weighted by Gasteiger charge is 2.41. The number of hydrogen-bond donors (Lipinski definition) is 1. The summed E-state index contributed by atoms with van der Waals surface area (Å²) in [5, 5.41) is 11.0. The first-order chi connectivity index (χ1) is 16.4. The van der Waals surface area contributed by atoms with Crippen molar-refractivity contribution in [3.8, 4) is 11.9 Å². The fourth-order valence-corrected chi connectivity index (χ4v) is 5.57. The lowest BCUT2D eigenvalue weighted by atomic mass is 9.77. The number of fused-ring (bicyclic) bond motifs is 1. The number of likely N-dealkylation sites (tertiary alicyclic amines) is 1. The van der Waals surface area contributed by atoms with Gasteiger partial charge < -0.3 is 29.1 Å². The topological polar surface area (TPSA) is 97.2 Å². The number of anilines is 1. The third-order valence-corrected chi connectivity index (χ3v) is 7.74. The minimum absolute atomic E-state index is 0.258. The molecule has 1 atom stereocenters. The smallest absolute Gasteiger partial charge is 0.338 e. The van der Waals surface area contributed by atoms with Crippen LogP contribution in [0.2, 0.25) is 0 Å². The first kappa shape index (κ1) is 22.9. The molecule has 2 saturated heterocycles. The Morgan fingerprint density at radius 2 is 1.91 bits per heavy atom. The average Bonchev–Trinajstić information content (AvgIpc) is 3.45. The summed E-state index contributed by atoms with van der Waals surface area (Å²) in [4.78, 5) is 25.2. The van der Waals surface area contributed by atoms with Gasteiger partial charge in [-0.25, -0.2) is 4.79 Å². The molecular weight excluding hydrogens is 436 g/mol. The van der Waals surface area contributed by atoms with E-state index in [0.717, 1.165) is 67.9 Å². The van der Waals surface area contributed by atoms with Crippen molar-refractivity contribution in [2.24, 2.45) is 5.41 Å². The monoisotopic (exact) mass is 468 g/mol. The van der Waals surface area contributed by atoms with Gasteiger partial charge in [0.1, 0.15) is 12.4 Å². The Kier molecular flexibility index (Phi) is 6.07. The van der Waals surface area contributed by atoms with Crippen LogP contribution in [0.4, 0.5) is 5.82 Å². The Balaban J connectivity index is 1.20. The Hall–Kier alpha value is -2.91. The highest BCUT2D eigenvalue weighted by molar-refractivity contribution is 5.93. The minimum Gasteiger partial charge on any atom is -0.481 e. The van der Waals surface area contributed by atoms with Crippen molar-refractivity contribution in [2.75, 3.05) is 51.8 Å². The van der Waals surface area contributed by atoms with Gasteiger partial charge in [0, 0.05) is 31.3 Å². The van der Waals surface area contributed by atoms with E-state index in [-0.39, 0.29) is 11.4 Å². The molecule has 2 fully saturated rings. The molecule has 3 aliphatic heterocycles. The van der Waals surface area contributed by atoms with E-state index >= 15 is 0 Å². The predicted octanol–water partition coefficient (Wildman–Crippen LogP) is 2.50. The van der Waals surface area contributed by atoms with Gasteiger partial charge in [-0.15, -0.1) is 0 Å². The van der Waals surface area contributed by atoms with Crippen molar-refractivity contribution in [3.63, 3.8) is 0 Å². The van der Waals surface area contributed by atoms with Crippen molar-refractivity contribution in [1.82, 2.24) is 14.9 Å². The van der Waals surface area contributed by atoms with E-state index in [4.69, 9.17) is 14.2 Å². The van der Waals surface area contributed by atoms with E-state index < -0.39 is 6.10 Å². The number of carbonyl (C=O) groups is 1. The molecule has 0 amide bonds. The van der Waals surface area contributed by atoms with Gasteiger partial charge in [-0.1, -0.05) is 6.07 Å². The summed E-state index contributed by atoms with van der Waals surface area (Å²) in [5.41, 5.74) is 3.64. The quantitative estimate of drug-likeness (QED) is 0.641. The van der Waals surface area contributed by atoms with E-state index in [2.05, 4.69) is 19.8 Å². The molecular formula is C25H32N4O5. The summed E-state index contributed by atoms with van der Waals surface area (Å²) in [6.07, 6.45) is 2.70. The molecule has 5 rings (SSSR count). The normalized spacial score (nSPS) is 20.4. The molecule has 1 N–H and O–H groups in total. The van der Waals surface area contributed by atoms with Crippen molar-refractivity contribution >= 4 is 11.8 Å². The molecule has 2 aromatic rings. The number of nitrogens with zero attached hydrogens (tertiary/aromatic N) is 4. The summed E-state index contributed by atoms with van der Waals surface area (Å²) in [6, 6.07) is 5.84. The highest BCUT2D eigenvalue weighted by atomic mass is 16.5. The molecule has 3 aliphatic rings. The molecule has 1 aromatic heterocycles. The first-order valence-corrected chi connectivity index (χ1v) is 11.8. The van der Waals surface area contributed by atoms with Crippen molar-refractivity contribution in [3.05, 3.63) is 40.5 Å². The molecule has 4 heterocycles. The van der Waals surface area contributed by atoms with Crippen molar-refractivity contribution < 1.29 is 24.1 Å². The van der Waals surface area contributed by atoms with Crippen LogP contribution in [0.25, 0.3) is 0 Å². The van der Waals surface area contributed by atoms with E-state index in [1.165, 1.54) is 0 Å². The molecule has 182 valence electrons. The molecule has 34 heavy (non-hydrogen) atoms. The van der Waals surface area contributed by atoms with Gasteiger partial charge in [-0.05, 0) is 61.9 Å². The number of piperidine rings is 1. The van der Waals surface area contributed by atoms with Crippen LogP contribution in [0.15, 0.2) is 18.2 Å². The van der Waals surface area contributed by atoms with Gasteiger partial charge >= 0.3 is 12.0 Å². The minimum atomic E-state index is -0.587. The summed E-state index contributed by atoms with van der Waals surface area (Å²) in [7, 11) is 3.16. The van der Waals surface area contributed by atoms with Crippen LogP contribution >= 0.6 is 0 Å². The number of hydrogen-bond acceptors (Lipinski definition) is 9. The Morgan fingerprint density at radius 3 is 2.65 bits per heavy atom. The fourth-order valence-electron chi connectivity index (χ4n) is 5.57. The Labute approximate surface area is 199 Å². The highest BCUT2D eigenvalue weighted by Crippen LogP contribution is 2.42. The van der Waals surface area contributed by atoms with Crippen molar-refractivity contribution in [2.45, 2.75) is 38.9 Å². The molecule has 0 radical (unpaired) electrons.